The average molecular weight is 274 g/mol. The third kappa shape index (κ3) is 2.87. The molecule has 0 saturated carbocycles. The van der Waals surface area contributed by atoms with Gasteiger partial charge >= 0.3 is 5.97 Å². The van der Waals surface area contributed by atoms with Gasteiger partial charge < -0.3 is 4.74 Å². The summed E-state index contributed by atoms with van der Waals surface area (Å²) in [5.74, 6) is 0.396. The van der Waals surface area contributed by atoms with Crippen LogP contribution in [-0.4, -0.2) is 22.1 Å². The summed E-state index contributed by atoms with van der Waals surface area (Å²) in [6.45, 7) is 4.36. The number of fused-ring (bicyclic) bond motifs is 1. The minimum absolute atomic E-state index is 0.100. The molecule has 0 saturated heterocycles. The van der Waals surface area contributed by atoms with Gasteiger partial charge in [-0.1, -0.05) is 19.1 Å². The van der Waals surface area contributed by atoms with E-state index in [1.807, 2.05) is 25.1 Å². The van der Waals surface area contributed by atoms with Crippen LogP contribution in [-0.2, 0) is 22.5 Å². The molecule has 0 unspecified atom stereocenters. The first-order valence-corrected chi connectivity index (χ1v) is 6.81. The molecular weight excluding hydrogens is 256 g/mol. The molecule has 1 aromatic carbocycles. The molecular formula is C15H18N2O3. The van der Waals surface area contributed by atoms with E-state index in [1.54, 1.807) is 17.6 Å². The molecule has 0 N–H and O–H groups in total. The maximum absolute atomic E-state index is 12.4. The second kappa shape index (κ2) is 6.32. The molecule has 0 aliphatic carbocycles. The minimum atomic E-state index is -0.297. The third-order valence-corrected chi connectivity index (χ3v) is 3.10. The summed E-state index contributed by atoms with van der Waals surface area (Å²) in [7, 11) is 0. The monoisotopic (exact) mass is 274 g/mol. The largest absolute Gasteiger partial charge is 0.466 e. The van der Waals surface area contributed by atoms with Gasteiger partial charge in [0.2, 0.25) is 0 Å². The van der Waals surface area contributed by atoms with Crippen molar-refractivity contribution in [3.63, 3.8) is 0 Å². The van der Waals surface area contributed by atoms with Gasteiger partial charge in [-0.05, 0) is 19.1 Å². The number of hydrogen-bond donors (Lipinski definition) is 0. The van der Waals surface area contributed by atoms with E-state index in [0.29, 0.717) is 36.3 Å². The summed E-state index contributed by atoms with van der Waals surface area (Å²) in [5, 5.41) is 0.577. The van der Waals surface area contributed by atoms with Crippen LogP contribution >= 0.6 is 0 Å². The molecule has 2 aromatic rings. The highest BCUT2D eigenvalue weighted by Crippen LogP contribution is 2.09. The predicted molar refractivity (Wildman–Crippen MR) is 76.6 cm³/mol. The molecule has 0 spiro atoms. The predicted octanol–water partition coefficient (Wildman–Crippen LogP) is 1.91. The van der Waals surface area contributed by atoms with E-state index in [-0.39, 0.29) is 17.9 Å². The first-order valence-electron chi connectivity index (χ1n) is 6.81. The number of carbonyl (C=O) groups excluding carboxylic acids is 1. The van der Waals surface area contributed by atoms with Gasteiger partial charge in [0.25, 0.3) is 5.56 Å². The number of aryl methyl sites for hydroxylation is 1. The highest BCUT2D eigenvalue weighted by Gasteiger charge is 2.11. The van der Waals surface area contributed by atoms with E-state index in [0.717, 1.165) is 0 Å². The van der Waals surface area contributed by atoms with Crippen LogP contribution in [0.4, 0.5) is 0 Å². The molecule has 0 atom stereocenters. The SMILES string of the molecule is CCOC(=O)CCn1c(CC)nc2ccccc2c1=O. The fourth-order valence-electron chi connectivity index (χ4n) is 2.15. The van der Waals surface area contributed by atoms with Gasteiger partial charge in [0.15, 0.2) is 0 Å². The zero-order chi connectivity index (χ0) is 14.5. The Labute approximate surface area is 117 Å². The minimum Gasteiger partial charge on any atom is -0.466 e. The van der Waals surface area contributed by atoms with Crippen molar-refractivity contribution in [2.75, 3.05) is 6.61 Å². The fraction of sp³-hybridized carbons (Fsp3) is 0.400. The summed E-state index contributed by atoms with van der Waals surface area (Å²) >= 11 is 0. The first kappa shape index (κ1) is 14.2. The Kier molecular flexibility index (Phi) is 4.50. The van der Waals surface area contributed by atoms with Crippen LogP contribution in [0.1, 0.15) is 26.1 Å². The molecule has 5 heteroatoms. The molecule has 1 heterocycles. The van der Waals surface area contributed by atoms with Crippen LogP contribution in [0.5, 0.6) is 0 Å². The summed E-state index contributed by atoms with van der Waals surface area (Å²) in [6, 6.07) is 7.25. The third-order valence-electron chi connectivity index (χ3n) is 3.10. The smallest absolute Gasteiger partial charge is 0.307 e. The molecule has 0 amide bonds. The van der Waals surface area contributed by atoms with Gasteiger partial charge in [-0.3, -0.25) is 14.2 Å². The van der Waals surface area contributed by atoms with E-state index in [4.69, 9.17) is 4.74 Å². The molecule has 5 nitrogen and oxygen atoms in total. The highest BCUT2D eigenvalue weighted by molar-refractivity contribution is 5.77. The Morgan fingerprint density at radius 2 is 2.05 bits per heavy atom. The van der Waals surface area contributed by atoms with Gasteiger partial charge in [-0.2, -0.15) is 0 Å². The summed E-state index contributed by atoms with van der Waals surface area (Å²) < 4.78 is 6.46. The van der Waals surface area contributed by atoms with Crippen molar-refractivity contribution < 1.29 is 9.53 Å². The Bertz CT molecular complexity index is 676. The lowest BCUT2D eigenvalue weighted by Gasteiger charge is -2.11. The van der Waals surface area contributed by atoms with Gasteiger partial charge in [-0.15, -0.1) is 0 Å². The van der Waals surface area contributed by atoms with Crippen molar-refractivity contribution in [3.05, 3.63) is 40.4 Å². The van der Waals surface area contributed by atoms with Crippen LogP contribution in [0.15, 0.2) is 29.1 Å². The van der Waals surface area contributed by atoms with E-state index >= 15 is 0 Å². The summed E-state index contributed by atoms with van der Waals surface area (Å²) in [5.41, 5.74) is 0.596. The molecule has 0 radical (unpaired) electrons. The second-order valence-electron chi connectivity index (χ2n) is 4.41. The molecule has 2 rings (SSSR count). The Morgan fingerprint density at radius 3 is 2.75 bits per heavy atom. The van der Waals surface area contributed by atoms with Crippen molar-refractivity contribution in [3.8, 4) is 0 Å². The van der Waals surface area contributed by atoms with E-state index in [9.17, 15) is 9.59 Å². The number of ether oxygens (including phenoxy) is 1. The first-order chi connectivity index (χ1) is 9.67. The van der Waals surface area contributed by atoms with Crippen molar-refractivity contribution in [1.82, 2.24) is 9.55 Å². The number of hydrogen-bond acceptors (Lipinski definition) is 4. The van der Waals surface area contributed by atoms with E-state index in [2.05, 4.69) is 4.98 Å². The molecule has 106 valence electrons. The number of aromatic nitrogens is 2. The summed E-state index contributed by atoms with van der Waals surface area (Å²) in [4.78, 5) is 28.4. The number of benzene rings is 1. The van der Waals surface area contributed by atoms with Crippen molar-refractivity contribution >= 4 is 16.9 Å². The Balaban J connectivity index is 2.38. The molecule has 0 bridgehead atoms. The zero-order valence-corrected chi connectivity index (χ0v) is 11.8. The summed E-state index contributed by atoms with van der Waals surface area (Å²) in [6.07, 6.45) is 0.823. The molecule has 0 fully saturated rings. The van der Waals surface area contributed by atoms with Crippen LogP contribution in [0.2, 0.25) is 0 Å². The maximum Gasteiger partial charge on any atom is 0.307 e. The van der Waals surface area contributed by atoms with Crippen molar-refractivity contribution in [1.29, 1.82) is 0 Å². The van der Waals surface area contributed by atoms with Crippen LogP contribution in [0, 0.1) is 0 Å². The molecule has 20 heavy (non-hydrogen) atoms. The van der Waals surface area contributed by atoms with Crippen LogP contribution in [0.3, 0.4) is 0 Å². The number of para-hydroxylation sites is 1. The van der Waals surface area contributed by atoms with Gasteiger partial charge in [0.05, 0.1) is 23.9 Å². The van der Waals surface area contributed by atoms with E-state index in [1.165, 1.54) is 0 Å². The fourth-order valence-corrected chi connectivity index (χ4v) is 2.15. The lowest BCUT2D eigenvalue weighted by atomic mass is 10.2. The molecule has 1 aromatic heterocycles. The molecule has 0 aliphatic rings. The number of carbonyl (C=O) groups is 1. The molecule has 0 aliphatic heterocycles. The van der Waals surface area contributed by atoms with Crippen LogP contribution in [0.25, 0.3) is 10.9 Å². The zero-order valence-electron chi connectivity index (χ0n) is 11.8. The highest BCUT2D eigenvalue weighted by atomic mass is 16.5. The van der Waals surface area contributed by atoms with E-state index < -0.39 is 0 Å². The van der Waals surface area contributed by atoms with Crippen molar-refractivity contribution in [2.24, 2.45) is 0 Å². The standard InChI is InChI=1S/C15H18N2O3/c1-3-13-16-12-8-6-5-7-11(12)15(19)17(13)10-9-14(18)20-4-2/h5-8H,3-4,9-10H2,1-2H3. The topological polar surface area (TPSA) is 61.2 Å². The van der Waals surface area contributed by atoms with Gasteiger partial charge in [0.1, 0.15) is 5.82 Å². The van der Waals surface area contributed by atoms with Crippen molar-refractivity contribution in [2.45, 2.75) is 33.2 Å². The number of rotatable bonds is 5. The quantitative estimate of drug-likeness (QED) is 0.781. The van der Waals surface area contributed by atoms with Gasteiger partial charge in [0, 0.05) is 13.0 Å². The Morgan fingerprint density at radius 1 is 1.30 bits per heavy atom. The van der Waals surface area contributed by atoms with Gasteiger partial charge in [-0.25, -0.2) is 4.98 Å². The number of esters is 1. The number of nitrogens with zero attached hydrogens (tertiary/aromatic N) is 2. The van der Waals surface area contributed by atoms with Crippen LogP contribution < -0.4 is 5.56 Å². The normalized spacial score (nSPS) is 10.7. The Hall–Kier alpha value is -2.17. The lowest BCUT2D eigenvalue weighted by Crippen LogP contribution is -2.26. The average Bonchev–Trinajstić information content (AvgIpc) is 2.46. The second-order valence-corrected chi connectivity index (χ2v) is 4.41. The lowest BCUT2D eigenvalue weighted by molar-refractivity contribution is -0.143. The maximum atomic E-state index is 12.4.